The highest BCUT2D eigenvalue weighted by atomic mass is 28.3. The molecule has 28 heavy (non-hydrogen) atoms. The van der Waals surface area contributed by atoms with E-state index in [9.17, 15) is 9.59 Å². The van der Waals surface area contributed by atoms with Gasteiger partial charge in [0.05, 0.1) is 23.6 Å². The highest BCUT2D eigenvalue weighted by Gasteiger charge is 2.31. The fourth-order valence-electron chi connectivity index (χ4n) is 3.29. The first kappa shape index (κ1) is 20.3. The lowest BCUT2D eigenvalue weighted by molar-refractivity contribution is 0.0148. The summed E-state index contributed by atoms with van der Waals surface area (Å²) in [7, 11) is -1.57. The van der Waals surface area contributed by atoms with Gasteiger partial charge >= 0.3 is 11.8 Å². The van der Waals surface area contributed by atoms with Gasteiger partial charge < -0.3 is 9.72 Å². The smallest absolute Gasteiger partial charge is 0.410 e. The van der Waals surface area contributed by atoms with Gasteiger partial charge in [0.1, 0.15) is 13.7 Å². The van der Waals surface area contributed by atoms with Gasteiger partial charge in [0, 0.05) is 17.7 Å². The maximum atomic E-state index is 12.9. The Morgan fingerprint density at radius 2 is 1.96 bits per heavy atom. The average molecular weight is 400 g/mol. The molecule has 0 aliphatic carbocycles. The van der Waals surface area contributed by atoms with Crippen molar-refractivity contribution in [2.24, 2.45) is 0 Å². The van der Waals surface area contributed by atoms with Crippen molar-refractivity contribution in [3.63, 3.8) is 0 Å². The van der Waals surface area contributed by atoms with E-state index >= 15 is 0 Å². The van der Waals surface area contributed by atoms with Gasteiger partial charge in [0.15, 0.2) is 0 Å². The molecule has 0 radical (unpaired) electrons. The van der Waals surface area contributed by atoms with E-state index in [-0.39, 0.29) is 17.8 Å². The monoisotopic (exact) mass is 399 g/mol. The number of imidazole rings is 1. The van der Waals surface area contributed by atoms with Gasteiger partial charge in [0.25, 0.3) is 0 Å². The van der Waals surface area contributed by atoms with Crippen LogP contribution < -0.4 is 5.69 Å². The molecule has 2 aromatic rings. The highest BCUT2D eigenvalue weighted by molar-refractivity contribution is 6.83. The summed E-state index contributed by atoms with van der Waals surface area (Å²) in [5.41, 5.74) is 6.03. The molecule has 0 spiro atoms. The van der Waals surface area contributed by atoms with Crippen LogP contribution in [0.1, 0.15) is 38.8 Å². The lowest BCUT2D eigenvalue weighted by Crippen LogP contribution is -2.43. The number of H-pyrrole nitrogens is 1. The zero-order valence-electron chi connectivity index (χ0n) is 17.8. The molecule has 1 aromatic heterocycles. The number of carbonyl (C=O) groups is 1. The van der Waals surface area contributed by atoms with Crippen LogP contribution in [0.15, 0.2) is 16.9 Å². The Kier molecular flexibility index (Phi) is 4.96. The van der Waals surface area contributed by atoms with Crippen LogP contribution in [0.25, 0.3) is 11.0 Å². The van der Waals surface area contributed by atoms with Crippen LogP contribution in [0.3, 0.4) is 0 Å². The number of nitrogens with one attached hydrogen (secondary N) is 1. The first-order valence-electron chi connectivity index (χ1n) is 9.63. The number of amides is 1. The maximum absolute atomic E-state index is 12.9. The third kappa shape index (κ3) is 4.17. The second-order valence-corrected chi connectivity index (χ2v) is 14.2. The van der Waals surface area contributed by atoms with Crippen molar-refractivity contribution in [2.75, 3.05) is 0 Å². The predicted octanol–water partition coefficient (Wildman–Crippen LogP) is 3.70. The number of aromatic amines is 1. The minimum Gasteiger partial charge on any atom is -0.444 e. The number of hydrogen-bond acceptors (Lipinski definition) is 3. The predicted molar refractivity (Wildman–Crippen MR) is 114 cm³/mol. The second-order valence-electron chi connectivity index (χ2n) is 9.49. The molecule has 0 bridgehead atoms. The highest BCUT2D eigenvalue weighted by Crippen LogP contribution is 2.27. The van der Waals surface area contributed by atoms with Gasteiger partial charge in [-0.05, 0) is 39.8 Å². The Morgan fingerprint density at radius 1 is 1.29 bits per heavy atom. The summed E-state index contributed by atoms with van der Waals surface area (Å²) in [5, 5.41) is 0. The van der Waals surface area contributed by atoms with Crippen molar-refractivity contribution in [1.82, 2.24) is 14.5 Å². The van der Waals surface area contributed by atoms with Gasteiger partial charge in [-0.1, -0.05) is 25.6 Å². The van der Waals surface area contributed by atoms with E-state index in [1.54, 1.807) is 9.47 Å². The molecule has 0 fully saturated rings. The minimum absolute atomic E-state index is 0.163. The lowest BCUT2D eigenvalue weighted by Gasteiger charge is -2.30. The summed E-state index contributed by atoms with van der Waals surface area (Å²) in [5.74, 6) is 3.32. The number of hydrogen-bond donors (Lipinski definition) is 1. The average Bonchev–Trinajstić information content (AvgIpc) is 2.74. The normalized spacial score (nSPS) is 17.1. The number of aromatic nitrogens is 2. The van der Waals surface area contributed by atoms with Crippen molar-refractivity contribution >= 4 is 25.2 Å². The van der Waals surface area contributed by atoms with Crippen LogP contribution in [0.2, 0.25) is 19.6 Å². The van der Waals surface area contributed by atoms with Crippen molar-refractivity contribution in [3.05, 3.63) is 33.7 Å². The fourth-order valence-corrected chi connectivity index (χ4v) is 3.80. The number of carbonyl (C=O) groups excluding carboxylic acids is 1. The molecule has 0 saturated heterocycles. The molecule has 1 aliphatic rings. The summed E-state index contributed by atoms with van der Waals surface area (Å²) in [6, 6.07) is 3.66. The Hall–Kier alpha value is -2.46. The Morgan fingerprint density at radius 3 is 2.57 bits per heavy atom. The van der Waals surface area contributed by atoms with E-state index in [1.807, 2.05) is 39.8 Å². The number of rotatable bonds is 0. The summed E-state index contributed by atoms with van der Waals surface area (Å²) in [6.45, 7) is 14.9. The number of ether oxygens (including phenoxy) is 1. The summed E-state index contributed by atoms with van der Waals surface area (Å²) < 4.78 is 7.34. The van der Waals surface area contributed by atoms with E-state index in [4.69, 9.17) is 4.74 Å². The molecule has 150 valence electrons. The summed E-state index contributed by atoms with van der Waals surface area (Å²) in [4.78, 5) is 30.0. The molecule has 1 aromatic carbocycles. The molecule has 2 heterocycles. The van der Waals surface area contributed by atoms with Crippen molar-refractivity contribution in [3.8, 4) is 11.5 Å². The van der Waals surface area contributed by atoms with E-state index in [2.05, 4.69) is 36.1 Å². The fraction of sp³-hybridized carbons (Fsp3) is 0.524. The van der Waals surface area contributed by atoms with Gasteiger partial charge in [-0.15, -0.1) is 5.54 Å². The molecule has 7 heteroatoms. The molecule has 1 amide bonds. The van der Waals surface area contributed by atoms with E-state index in [1.165, 1.54) is 0 Å². The molecule has 3 rings (SSSR count). The number of nitrogens with zero attached hydrogens (tertiary/aromatic N) is 2. The van der Waals surface area contributed by atoms with Crippen LogP contribution >= 0.6 is 0 Å². The molecule has 6 nitrogen and oxygen atoms in total. The van der Waals surface area contributed by atoms with Gasteiger partial charge in [-0.25, -0.2) is 9.59 Å². The first-order chi connectivity index (χ1) is 12.9. The molecule has 1 aliphatic heterocycles. The second kappa shape index (κ2) is 6.85. The zero-order chi connectivity index (χ0) is 20.9. The van der Waals surface area contributed by atoms with Gasteiger partial charge in [-0.2, -0.15) is 0 Å². The molecule has 0 unspecified atom stereocenters. The maximum Gasteiger partial charge on any atom is 0.410 e. The first-order valence-corrected chi connectivity index (χ1v) is 13.1. The Bertz CT molecular complexity index is 1040. The van der Waals surface area contributed by atoms with Crippen LogP contribution in [0.5, 0.6) is 0 Å². The third-order valence-electron chi connectivity index (χ3n) is 4.55. The van der Waals surface area contributed by atoms with Gasteiger partial charge in [0.2, 0.25) is 0 Å². The number of benzene rings is 1. The Balaban J connectivity index is 2.15. The quantitative estimate of drug-likeness (QED) is 0.543. The third-order valence-corrected chi connectivity index (χ3v) is 5.42. The summed E-state index contributed by atoms with van der Waals surface area (Å²) in [6.07, 6.45) is -0.372. The van der Waals surface area contributed by atoms with Crippen molar-refractivity contribution < 1.29 is 9.53 Å². The lowest BCUT2D eigenvalue weighted by atomic mass is 10.1. The Labute approximate surface area is 166 Å². The molecule has 1 N–H and O–H groups in total. The molecule has 0 saturated carbocycles. The van der Waals surface area contributed by atoms with Crippen LogP contribution in [-0.2, 0) is 17.8 Å². The van der Waals surface area contributed by atoms with Crippen molar-refractivity contribution in [2.45, 2.75) is 72.1 Å². The summed E-state index contributed by atoms with van der Waals surface area (Å²) >= 11 is 0. The molecule has 1 atom stereocenters. The largest absolute Gasteiger partial charge is 0.444 e. The van der Waals surface area contributed by atoms with Crippen LogP contribution in [0, 0.1) is 11.5 Å². The minimum atomic E-state index is -1.57. The standard InChI is InChI=1S/C21H29N3O3Si/c1-14-12-24-18-16(13-23(14)20(26)27-21(2,3)4)15(10-11-28(5,6)7)8-9-17(18)22-19(24)25/h8-9,14H,12-13H2,1-7H3,(H,22,25)/t14-/m0/s1. The van der Waals surface area contributed by atoms with E-state index in [0.717, 1.165) is 22.2 Å². The van der Waals surface area contributed by atoms with Crippen molar-refractivity contribution in [1.29, 1.82) is 0 Å². The molecular formula is C21H29N3O3Si. The SMILES string of the molecule is C[C@H]1Cn2c(=O)[nH]c3ccc(C#C[Si](C)(C)C)c(c32)CN1C(=O)OC(C)(C)C. The topological polar surface area (TPSA) is 67.3 Å². The van der Waals surface area contributed by atoms with Crippen LogP contribution in [0.4, 0.5) is 4.79 Å². The van der Waals surface area contributed by atoms with E-state index in [0.29, 0.717) is 13.1 Å². The van der Waals surface area contributed by atoms with Gasteiger partial charge in [-0.3, -0.25) is 9.47 Å². The van der Waals surface area contributed by atoms with E-state index < -0.39 is 13.7 Å². The zero-order valence-corrected chi connectivity index (χ0v) is 18.8. The van der Waals surface area contributed by atoms with Crippen LogP contribution in [-0.4, -0.2) is 40.3 Å². The molecular weight excluding hydrogens is 370 g/mol.